The quantitative estimate of drug-likeness (QED) is 0.401. The van der Waals surface area contributed by atoms with Gasteiger partial charge in [-0.2, -0.15) is 4.73 Å². The first-order chi connectivity index (χ1) is 10.4. The number of nitrogens with one attached hydrogen (secondary N) is 1. The maximum Gasteiger partial charge on any atom is 0.344 e. The van der Waals surface area contributed by atoms with Crippen LogP contribution in [0.15, 0.2) is 12.5 Å². The molecular formula is C13H19N3O6. The van der Waals surface area contributed by atoms with Crippen molar-refractivity contribution in [2.24, 2.45) is 0 Å². The van der Waals surface area contributed by atoms with Gasteiger partial charge in [0.25, 0.3) is 0 Å². The van der Waals surface area contributed by atoms with E-state index in [9.17, 15) is 19.6 Å². The fourth-order valence-corrected chi connectivity index (χ4v) is 1.90. The van der Waals surface area contributed by atoms with E-state index < -0.39 is 23.4 Å². The molecule has 0 aromatic carbocycles. The molecule has 1 aromatic heterocycles. The number of imidazole rings is 1. The molecular weight excluding hydrogens is 294 g/mol. The van der Waals surface area contributed by atoms with Gasteiger partial charge in [-0.1, -0.05) is 0 Å². The Labute approximate surface area is 127 Å². The van der Waals surface area contributed by atoms with Crippen LogP contribution in [0.4, 0.5) is 0 Å². The number of nitrogens with zero attached hydrogens (tertiary/aromatic N) is 2. The highest BCUT2D eigenvalue weighted by Gasteiger charge is 2.50. The first-order valence-electron chi connectivity index (χ1n) is 6.71. The van der Waals surface area contributed by atoms with Gasteiger partial charge in [0.05, 0.1) is 25.1 Å². The molecule has 0 spiro atoms. The fraction of sp³-hybridized carbons (Fsp3) is 0.538. The zero-order valence-corrected chi connectivity index (χ0v) is 12.7. The molecule has 0 aliphatic heterocycles. The van der Waals surface area contributed by atoms with Crippen molar-refractivity contribution in [3.8, 4) is 0 Å². The van der Waals surface area contributed by atoms with Gasteiger partial charge in [0, 0.05) is 13.3 Å². The van der Waals surface area contributed by atoms with Crippen molar-refractivity contribution in [2.45, 2.75) is 32.7 Å². The summed E-state index contributed by atoms with van der Waals surface area (Å²) in [5, 5.41) is 11.9. The van der Waals surface area contributed by atoms with Crippen molar-refractivity contribution in [3.63, 3.8) is 0 Å². The maximum atomic E-state index is 12.3. The molecule has 0 aliphatic carbocycles. The highest BCUT2D eigenvalue weighted by atomic mass is 16.6. The van der Waals surface area contributed by atoms with Crippen LogP contribution in [0.25, 0.3) is 0 Å². The van der Waals surface area contributed by atoms with E-state index in [0.29, 0.717) is 4.73 Å². The van der Waals surface area contributed by atoms with Crippen LogP contribution in [0.5, 0.6) is 0 Å². The fourth-order valence-electron chi connectivity index (χ4n) is 1.90. The van der Waals surface area contributed by atoms with Crippen molar-refractivity contribution < 1.29 is 29.1 Å². The van der Waals surface area contributed by atoms with Crippen LogP contribution in [0.3, 0.4) is 0 Å². The van der Waals surface area contributed by atoms with Gasteiger partial charge < -0.3 is 20.0 Å². The lowest BCUT2D eigenvalue weighted by Crippen LogP contribution is -2.62. The van der Waals surface area contributed by atoms with Crippen molar-refractivity contribution in [1.82, 2.24) is 15.0 Å². The molecule has 0 unspecified atom stereocenters. The first kappa shape index (κ1) is 17.5. The Bertz CT molecular complexity index is 536. The molecule has 0 saturated carbocycles. The second-order valence-electron chi connectivity index (χ2n) is 4.43. The molecule has 1 aromatic rings. The van der Waals surface area contributed by atoms with E-state index in [-0.39, 0.29) is 25.3 Å². The molecule has 0 saturated heterocycles. The largest absolute Gasteiger partial charge is 0.464 e. The van der Waals surface area contributed by atoms with Gasteiger partial charge in [-0.15, -0.1) is 0 Å². The van der Waals surface area contributed by atoms with E-state index in [4.69, 9.17) is 9.47 Å². The summed E-state index contributed by atoms with van der Waals surface area (Å²) in [6.45, 7) is 4.31. The second-order valence-corrected chi connectivity index (χ2v) is 4.43. The molecule has 0 aliphatic rings. The lowest BCUT2D eigenvalue weighted by Gasteiger charge is -2.29. The summed E-state index contributed by atoms with van der Waals surface area (Å²) < 4.78 is 10.4. The topological polar surface area (TPSA) is 120 Å². The van der Waals surface area contributed by atoms with Gasteiger partial charge in [-0.3, -0.25) is 4.79 Å². The van der Waals surface area contributed by atoms with Crippen LogP contribution in [-0.4, -0.2) is 51.5 Å². The van der Waals surface area contributed by atoms with Crippen molar-refractivity contribution >= 4 is 17.8 Å². The van der Waals surface area contributed by atoms with Gasteiger partial charge in [0.15, 0.2) is 0 Å². The number of rotatable bonds is 7. The van der Waals surface area contributed by atoms with Crippen LogP contribution in [0.1, 0.15) is 26.5 Å². The Balaban J connectivity index is 3.29. The zero-order valence-electron chi connectivity index (χ0n) is 12.7. The minimum absolute atomic E-state index is 0.0119. The molecule has 1 rings (SSSR count). The highest BCUT2D eigenvalue weighted by molar-refractivity contribution is 6.08. The summed E-state index contributed by atoms with van der Waals surface area (Å²) in [4.78, 5) is 39.8. The summed E-state index contributed by atoms with van der Waals surface area (Å²) in [5.74, 6) is -2.56. The summed E-state index contributed by atoms with van der Waals surface area (Å²) in [6, 6.07) is 0. The van der Waals surface area contributed by atoms with Crippen LogP contribution >= 0.6 is 0 Å². The Morgan fingerprint density at radius 1 is 1.27 bits per heavy atom. The van der Waals surface area contributed by atoms with Gasteiger partial charge in [-0.05, 0) is 13.8 Å². The van der Waals surface area contributed by atoms with E-state index in [1.54, 1.807) is 13.8 Å². The average Bonchev–Trinajstić information content (AvgIpc) is 2.83. The average molecular weight is 313 g/mol. The standard InChI is InChI=1S/C13H19N3O6/c1-4-21-11(18)13(15-9(3)17,12(19)22-5-2)6-10-7-14-8-16(10)20/h7-8,20H,4-6H2,1-3H3,(H,15,17). The van der Waals surface area contributed by atoms with Crippen LogP contribution in [0.2, 0.25) is 0 Å². The van der Waals surface area contributed by atoms with E-state index in [1.807, 2.05) is 0 Å². The van der Waals surface area contributed by atoms with Gasteiger partial charge >= 0.3 is 11.9 Å². The lowest BCUT2D eigenvalue weighted by atomic mass is 9.93. The van der Waals surface area contributed by atoms with Crippen LogP contribution < -0.4 is 5.32 Å². The summed E-state index contributed by atoms with van der Waals surface area (Å²) in [6.07, 6.45) is 1.99. The molecule has 1 heterocycles. The van der Waals surface area contributed by atoms with E-state index in [0.717, 1.165) is 13.3 Å². The van der Waals surface area contributed by atoms with Gasteiger partial charge in [0.2, 0.25) is 11.4 Å². The molecule has 0 radical (unpaired) electrons. The third-order valence-corrected chi connectivity index (χ3v) is 2.78. The van der Waals surface area contributed by atoms with E-state index in [1.165, 1.54) is 6.20 Å². The van der Waals surface area contributed by atoms with Crippen molar-refractivity contribution in [1.29, 1.82) is 0 Å². The van der Waals surface area contributed by atoms with E-state index >= 15 is 0 Å². The Hall–Kier alpha value is -2.58. The number of aromatic nitrogens is 2. The second kappa shape index (κ2) is 7.43. The molecule has 0 bridgehead atoms. The molecule has 1 amide bonds. The SMILES string of the molecule is CCOC(=O)C(Cc1cncn1O)(NC(C)=O)C(=O)OCC. The molecule has 0 atom stereocenters. The Morgan fingerprint density at radius 3 is 2.18 bits per heavy atom. The molecule has 0 fully saturated rings. The number of carbonyl (C=O) groups excluding carboxylic acids is 3. The highest BCUT2D eigenvalue weighted by Crippen LogP contribution is 2.18. The Morgan fingerprint density at radius 2 is 1.82 bits per heavy atom. The maximum absolute atomic E-state index is 12.3. The van der Waals surface area contributed by atoms with Crippen molar-refractivity contribution in [3.05, 3.63) is 18.2 Å². The van der Waals surface area contributed by atoms with Gasteiger partial charge in [-0.25, -0.2) is 14.6 Å². The third-order valence-electron chi connectivity index (χ3n) is 2.78. The smallest absolute Gasteiger partial charge is 0.344 e. The molecule has 9 heteroatoms. The predicted molar refractivity (Wildman–Crippen MR) is 72.9 cm³/mol. The van der Waals surface area contributed by atoms with Crippen LogP contribution in [0, 0.1) is 0 Å². The number of amides is 1. The summed E-state index contributed by atoms with van der Waals surface area (Å²) in [7, 11) is 0. The van der Waals surface area contributed by atoms with E-state index in [2.05, 4.69) is 10.3 Å². The molecule has 122 valence electrons. The lowest BCUT2D eigenvalue weighted by molar-refractivity contribution is -0.168. The number of hydrogen-bond donors (Lipinski definition) is 2. The number of esters is 2. The molecule has 2 N–H and O–H groups in total. The predicted octanol–water partition coefficient (Wildman–Crippen LogP) is -0.336. The first-order valence-corrected chi connectivity index (χ1v) is 6.71. The molecule has 22 heavy (non-hydrogen) atoms. The zero-order chi connectivity index (χ0) is 16.8. The third kappa shape index (κ3) is 3.74. The number of ether oxygens (including phenoxy) is 2. The molecule has 9 nitrogen and oxygen atoms in total. The number of hydrogen-bond acceptors (Lipinski definition) is 7. The number of carbonyl (C=O) groups is 3. The minimum Gasteiger partial charge on any atom is -0.464 e. The summed E-state index contributed by atoms with van der Waals surface area (Å²) >= 11 is 0. The summed E-state index contributed by atoms with van der Waals surface area (Å²) in [5.41, 5.74) is -1.95. The van der Waals surface area contributed by atoms with Crippen LogP contribution in [-0.2, 0) is 30.3 Å². The monoisotopic (exact) mass is 313 g/mol. The normalized spacial score (nSPS) is 10.9. The van der Waals surface area contributed by atoms with Gasteiger partial charge in [0.1, 0.15) is 6.33 Å². The van der Waals surface area contributed by atoms with Crippen molar-refractivity contribution in [2.75, 3.05) is 13.2 Å². The Kier molecular flexibility index (Phi) is 5.90. The minimum atomic E-state index is -2.08.